The minimum absolute atomic E-state index is 0.515. The third-order valence-electron chi connectivity index (χ3n) is 2.57. The number of alkyl halides is 1. The van der Waals surface area contributed by atoms with E-state index in [0.29, 0.717) is 5.88 Å². The molecule has 0 radical (unpaired) electrons. The molecule has 0 saturated heterocycles. The van der Waals surface area contributed by atoms with E-state index in [9.17, 15) is 0 Å². The molecular weight excluding hydrogens is 294 g/mol. The summed E-state index contributed by atoms with van der Waals surface area (Å²) in [5, 5.41) is 1.02. The number of hydrogen-bond donors (Lipinski definition) is 0. The topological polar surface area (TPSA) is 12.9 Å². The van der Waals surface area contributed by atoms with Gasteiger partial charge in [0.15, 0.2) is 0 Å². The van der Waals surface area contributed by atoms with Crippen LogP contribution in [0.3, 0.4) is 0 Å². The molecular formula is C11H7BrClNS. The summed E-state index contributed by atoms with van der Waals surface area (Å²) in [5.41, 5.74) is 3.74. The van der Waals surface area contributed by atoms with E-state index < -0.39 is 0 Å². The molecule has 0 atom stereocenters. The predicted octanol–water partition coefficient (Wildman–Crippen LogP) is 4.22. The summed E-state index contributed by atoms with van der Waals surface area (Å²) in [4.78, 5) is 5.90. The fraction of sp³-hybridized carbons (Fsp3) is 0.182. The van der Waals surface area contributed by atoms with Crippen molar-refractivity contribution in [2.24, 2.45) is 0 Å². The largest absolute Gasteiger partial charge is 0.240 e. The van der Waals surface area contributed by atoms with Crippen molar-refractivity contribution in [3.8, 4) is 11.3 Å². The number of benzene rings is 1. The number of thiazole rings is 1. The molecule has 4 heteroatoms. The molecule has 0 saturated carbocycles. The fourth-order valence-electron chi connectivity index (χ4n) is 1.91. The van der Waals surface area contributed by atoms with Crippen molar-refractivity contribution >= 4 is 38.9 Å². The van der Waals surface area contributed by atoms with Crippen molar-refractivity contribution in [1.29, 1.82) is 0 Å². The Bertz CT molecular complexity index is 535. The summed E-state index contributed by atoms with van der Waals surface area (Å²) >= 11 is 11.1. The quantitative estimate of drug-likeness (QED) is 0.613. The van der Waals surface area contributed by atoms with Gasteiger partial charge in [-0.2, -0.15) is 0 Å². The predicted molar refractivity (Wildman–Crippen MR) is 67.6 cm³/mol. The average molecular weight is 301 g/mol. The van der Waals surface area contributed by atoms with Gasteiger partial charge in [0.05, 0.1) is 11.6 Å². The first-order valence-electron chi connectivity index (χ1n) is 4.62. The van der Waals surface area contributed by atoms with Gasteiger partial charge < -0.3 is 0 Å². The maximum Gasteiger partial charge on any atom is 0.108 e. The second-order valence-corrected chi connectivity index (χ2v) is 5.75. The Morgan fingerprint density at radius 2 is 2.33 bits per heavy atom. The molecule has 0 spiro atoms. The first-order valence-corrected chi connectivity index (χ1v) is 6.76. The Morgan fingerprint density at radius 1 is 1.47 bits per heavy atom. The number of nitrogens with zero attached hydrogens (tertiary/aromatic N) is 1. The number of aromatic nitrogens is 1. The van der Waals surface area contributed by atoms with Crippen molar-refractivity contribution in [2.75, 3.05) is 0 Å². The molecule has 0 fully saturated rings. The monoisotopic (exact) mass is 299 g/mol. The van der Waals surface area contributed by atoms with Crippen molar-refractivity contribution in [1.82, 2.24) is 4.98 Å². The zero-order chi connectivity index (χ0) is 10.4. The van der Waals surface area contributed by atoms with Gasteiger partial charge in [-0.25, -0.2) is 4.98 Å². The molecule has 3 rings (SSSR count). The van der Waals surface area contributed by atoms with E-state index in [1.165, 1.54) is 20.5 Å². The summed E-state index contributed by atoms with van der Waals surface area (Å²) in [6.07, 6.45) is 0.987. The molecule has 2 aromatic rings. The van der Waals surface area contributed by atoms with Gasteiger partial charge in [0, 0.05) is 21.3 Å². The second-order valence-electron chi connectivity index (χ2n) is 3.46. The minimum atomic E-state index is 0.515. The van der Waals surface area contributed by atoms with Crippen molar-refractivity contribution in [3.63, 3.8) is 0 Å². The van der Waals surface area contributed by atoms with Crippen LogP contribution in [-0.2, 0) is 12.3 Å². The van der Waals surface area contributed by atoms with Gasteiger partial charge in [0.2, 0.25) is 0 Å². The number of hydrogen-bond acceptors (Lipinski definition) is 2. The molecule has 76 valence electrons. The molecule has 0 bridgehead atoms. The van der Waals surface area contributed by atoms with Gasteiger partial charge in [-0.3, -0.25) is 0 Å². The van der Waals surface area contributed by atoms with E-state index in [2.05, 4.69) is 39.1 Å². The lowest BCUT2D eigenvalue weighted by atomic mass is 10.1. The van der Waals surface area contributed by atoms with Crippen LogP contribution in [0.4, 0.5) is 0 Å². The second kappa shape index (κ2) is 3.58. The average Bonchev–Trinajstić information content (AvgIpc) is 2.76. The van der Waals surface area contributed by atoms with E-state index in [1.54, 1.807) is 11.3 Å². The minimum Gasteiger partial charge on any atom is -0.240 e. The van der Waals surface area contributed by atoms with E-state index in [0.717, 1.165) is 17.1 Å². The van der Waals surface area contributed by atoms with Gasteiger partial charge in [-0.1, -0.05) is 28.1 Å². The summed E-state index contributed by atoms with van der Waals surface area (Å²) in [6, 6.07) is 6.26. The molecule has 0 amide bonds. The zero-order valence-electron chi connectivity index (χ0n) is 7.76. The maximum absolute atomic E-state index is 5.79. The van der Waals surface area contributed by atoms with Gasteiger partial charge in [-0.05, 0) is 11.6 Å². The van der Waals surface area contributed by atoms with Gasteiger partial charge in [0.25, 0.3) is 0 Å². The zero-order valence-corrected chi connectivity index (χ0v) is 10.9. The van der Waals surface area contributed by atoms with Crippen LogP contribution in [0.5, 0.6) is 0 Å². The van der Waals surface area contributed by atoms with E-state index in [4.69, 9.17) is 11.6 Å². The van der Waals surface area contributed by atoms with E-state index in [1.807, 2.05) is 0 Å². The van der Waals surface area contributed by atoms with Crippen LogP contribution >= 0.6 is 38.9 Å². The van der Waals surface area contributed by atoms with Crippen LogP contribution in [0.1, 0.15) is 15.4 Å². The molecule has 1 aromatic carbocycles. The van der Waals surface area contributed by atoms with Crippen molar-refractivity contribution < 1.29 is 0 Å². The number of rotatable bonds is 1. The van der Waals surface area contributed by atoms with Crippen LogP contribution in [0.15, 0.2) is 22.7 Å². The SMILES string of the molecule is ClCc1nc2c(s1)Cc1c(Br)cccc1-2. The number of fused-ring (bicyclic) bond motifs is 3. The van der Waals surface area contributed by atoms with Gasteiger partial charge in [0.1, 0.15) is 5.01 Å². The molecule has 1 aromatic heterocycles. The van der Waals surface area contributed by atoms with Gasteiger partial charge in [-0.15, -0.1) is 22.9 Å². The molecule has 0 N–H and O–H groups in total. The number of halogens is 2. The fourth-order valence-corrected chi connectivity index (χ4v) is 3.58. The van der Waals surface area contributed by atoms with E-state index >= 15 is 0 Å². The Labute approximate surface area is 105 Å². The van der Waals surface area contributed by atoms with Crippen LogP contribution in [0.2, 0.25) is 0 Å². The first-order chi connectivity index (χ1) is 7.29. The smallest absolute Gasteiger partial charge is 0.108 e. The Hall–Kier alpha value is -0.380. The molecule has 0 aliphatic heterocycles. The normalized spacial score (nSPS) is 12.7. The van der Waals surface area contributed by atoms with E-state index in [-0.39, 0.29) is 0 Å². The lowest BCUT2D eigenvalue weighted by Gasteiger charge is -2.00. The molecule has 1 aliphatic carbocycles. The first kappa shape index (κ1) is 9.82. The third kappa shape index (κ3) is 1.45. The van der Waals surface area contributed by atoms with Crippen LogP contribution in [0, 0.1) is 0 Å². The lowest BCUT2D eigenvalue weighted by molar-refractivity contribution is 1.26. The molecule has 1 aliphatic rings. The Balaban J connectivity index is 2.21. The van der Waals surface area contributed by atoms with Crippen LogP contribution < -0.4 is 0 Å². The highest BCUT2D eigenvalue weighted by molar-refractivity contribution is 9.10. The summed E-state index contributed by atoms with van der Waals surface area (Å²) in [7, 11) is 0. The highest BCUT2D eigenvalue weighted by Crippen LogP contribution is 2.42. The molecule has 1 heterocycles. The van der Waals surface area contributed by atoms with Crippen molar-refractivity contribution in [3.05, 3.63) is 38.1 Å². The maximum atomic E-state index is 5.79. The molecule has 0 unspecified atom stereocenters. The Kier molecular flexibility index (Phi) is 2.34. The third-order valence-corrected chi connectivity index (χ3v) is 4.78. The highest BCUT2D eigenvalue weighted by atomic mass is 79.9. The molecule has 15 heavy (non-hydrogen) atoms. The summed E-state index contributed by atoms with van der Waals surface area (Å²) < 4.78 is 1.18. The summed E-state index contributed by atoms with van der Waals surface area (Å²) in [6.45, 7) is 0. The Morgan fingerprint density at radius 3 is 3.13 bits per heavy atom. The van der Waals surface area contributed by atoms with Crippen molar-refractivity contribution in [2.45, 2.75) is 12.3 Å². The lowest BCUT2D eigenvalue weighted by Crippen LogP contribution is -1.83. The standard InChI is InChI=1S/C11H7BrClNS/c12-8-3-1-2-6-7(8)4-9-11(6)14-10(5-13)15-9/h1-3H,4-5H2. The highest BCUT2D eigenvalue weighted by Gasteiger charge is 2.24. The summed E-state index contributed by atoms with van der Waals surface area (Å²) in [5.74, 6) is 0.515. The van der Waals surface area contributed by atoms with Crippen LogP contribution in [0.25, 0.3) is 11.3 Å². The molecule has 1 nitrogen and oxygen atoms in total. The van der Waals surface area contributed by atoms with Gasteiger partial charge >= 0.3 is 0 Å². The van der Waals surface area contributed by atoms with Crippen LogP contribution in [-0.4, -0.2) is 4.98 Å².